The van der Waals surface area contributed by atoms with E-state index in [1.807, 2.05) is 32.9 Å². The third kappa shape index (κ3) is 9.05. The lowest BCUT2D eigenvalue weighted by atomic mass is 9.86. The summed E-state index contributed by atoms with van der Waals surface area (Å²) in [4.78, 5) is 65.8. The number of esters is 1. The molecule has 10 nitrogen and oxygen atoms in total. The number of Topliss-reactive ketones (excluding diaryl/α,β-unsaturated/α-hetero) is 1. The molecule has 1 saturated heterocycles. The standard InChI is InChI=1S/C32H38F3N3O7/c1-18-21(33)14-22(34)27(35)28(18)45-17-25(39)24(15-26(40)44-5)37-29(41)19-10-8-9-13-38(16-19)31(43)30(42)36-23-12-7-6-11-20(23)32(2,3)4/h6-7,11-12,14,19,24H,8-10,13,15-17H2,1-5H3,(H,36,42)(H,37,41)/t19-,24-/m0/s1. The molecular formula is C32H38F3N3O7. The number of ether oxygens (including phenoxy) is 2. The fourth-order valence-corrected chi connectivity index (χ4v) is 4.97. The highest BCUT2D eigenvalue weighted by Gasteiger charge is 2.33. The number of likely N-dealkylation sites (tertiary alicyclic amines) is 1. The normalized spacial score (nSPS) is 15.8. The average Bonchev–Trinajstić information content (AvgIpc) is 3.25. The molecule has 1 aliphatic rings. The highest BCUT2D eigenvalue weighted by atomic mass is 19.2. The van der Waals surface area contributed by atoms with Gasteiger partial charge < -0.3 is 25.0 Å². The molecule has 13 heteroatoms. The van der Waals surface area contributed by atoms with E-state index in [-0.39, 0.29) is 24.1 Å². The number of carbonyl (C=O) groups is 5. The van der Waals surface area contributed by atoms with Gasteiger partial charge in [0, 0.05) is 30.4 Å². The minimum absolute atomic E-state index is 0.123. The maximum atomic E-state index is 14.2. The van der Waals surface area contributed by atoms with Gasteiger partial charge in [-0.1, -0.05) is 45.4 Å². The largest absolute Gasteiger partial charge is 0.482 e. The molecule has 1 fully saturated rings. The van der Waals surface area contributed by atoms with Crippen molar-refractivity contribution in [3.8, 4) is 5.75 Å². The summed E-state index contributed by atoms with van der Waals surface area (Å²) in [5, 5.41) is 5.15. The van der Waals surface area contributed by atoms with Crippen LogP contribution in [0.15, 0.2) is 30.3 Å². The number of anilines is 1. The smallest absolute Gasteiger partial charge is 0.313 e. The number of ketones is 1. The molecular weight excluding hydrogens is 595 g/mol. The predicted octanol–water partition coefficient (Wildman–Crippen LogP) is 3.97. The number of benzene rings is 2. The lowest BCUT2D eigenvalue weighted by Crippen LogP contribution is -2.49. The highest BCUT2D eigenvalue weighted by molar-refractivity contribution is 6.39. The molecule has 1 aliphatic heterocycles. The Morgan fingerprint density at radius 3 is 2.40 bits per heavy atom. The van der Waals surface area contributed by atoms with Gasteiger partial charge in [0.1, 0.15) is 18.5 Å². The lowest BCUT2D eigenvalue weighted by Gasteiger charge is -2.26. The van der Waals surface area contributed by atoms with Crippen molar-refractivity contribution in [2.45, 2.75) is 64.8 Å². The molecule has 2 N–H and O–H groups in total. The van der Waals surface area contributed by atoms with Gasteiger partial charge in [0.15, 0.2) is 17.3 Å². The van der Waals surface area contributed by atoms with Gasteiger partial charge in [-0.2, -0.15) is 4.39 Å². The number of para-hydroxylation sites is 1. The van der Waals surface area contributed by atoms with Gasteiger partial charge in [-0.25, -0.2) is 8.78 Å². The molecule has 0 spiro atoms. The molecule has 2 aromatic rings. The molecule has 0 radical (unpaired) electrons. The lowest BCUT2D eigenvalue weighted by molar-refractivity contribution is -0.144. The Bertz CT molecular complexity index is 1430. The summed E-state index contributed by atoms with van der Waals surface area (Å²) in [7, 11) is 1.08. The molecule has 0 bridgehead atoms. The van der Waals surface area contributed by atoms with Gasteiger partial charge >= 0.3 is 17.8 Å². The molecule has 3 amide bonds. The van der Waals surface area contributed by atoms with E-state index >= 15 is 0 Å². The molecule has 244 valence electrons. The Labute approximate surface area is 259 Å². The van der Waals surface area contributed by atoms with Crippen LogP contribution in [0.25, 0.3) is 0 Å². The van der Waals surface area contributed by atoms with Gasteiger partial charge in [-0.05, 0) is 36.8 Å². The number of carbonyl (C=O) groups excluding carboxylic acids is 5. The molecule has 0 aromatic heterocycles. The number of amides is 3. The number of methoxy groups -OCH3 is 1. The van der Waals surface area contributed by atoms with Crippen molar-refractivity contribution < 1.29 is 46.6 Å². The second-order valence-electron chi connectivity index (χ2n) is 11.9. The third-order valence-electron chi connectivity index (χ3n) is 7.53. The summed E-state index contributed by atoms with van der Waals surface area (Å²) in [5.41, 5.74) is 0.659. The number of hydrogen-bond acceptors (Lipinski definition) is 7. The van der Waals surface area contributed by atoms with Crippen LogP contribution in [0.3, 0.4) is 0 Å². The summed E-state index contributed by atoms with van der Waals surface area (Å²) in [6.45, 7) is 6.24. The maximum Gasteiger partial charge on any atom is 0.313 e. The maximum absolute atomic E-state index is 14.2. The molecule has 3 rings (SSSR count). The monoisotopic (exact) mass is 633 g/mol. The van der Waals surface area contributed by atoms with Crippen molar-refractivity contribution >= 4 is 35.2 Å². The van der Waals surface area contributed by atoms with Crippen molar-refractivity contribution in [2.75, 3.05) is 32.1 Å². The molecule has 0 saturated carbocycles. The first-order chi connectivity index (χ1) is 21.1. The molecule has 2 atom stereocenters. The SMILES string of the molecule is COC(=O)C[C@H](NC(=O)[C@H]1CCCCN(C(=O)C(=O)Nc2ccccc2C(C)(C)C)C1)C(=O)COc1c(C)c(F)cc(F)c1F. The first-order valence-corrected chi connectivity index (χ1v) is 14.5. The Hall–Kier alpha value is -4.42. The Balaban J connectivity index is 1.71. The van der Waals surface area contributed by atoms with Crippen LogP contribution in [0, 0.1) is 30.3 Å². The second kappa shape index (κ2) is 15.0. The average molecular weight is 634 g/mol. The topological polar surface area (TPSA) is 131 Å². The number of nitrogens with zero attached hydrogens (tertiary/aromatic N) is 1. The quantitative estimate of drug-likeness (QED) is 0.243. The van der Waals surface area contributed by atoms with Crippen molar-refractivity contribution in [1.29, 1.82) is 0 Å². The zero-order chi connectivity index (χ0) is 33.5. The Morgan fingerprint density at radius 1 is 1.04 bits per heavy atom. The molecule has 45 heavy (non-hydrogen) atoms. The summed E-state index contributed by atoms with van der Waals surface area (Å²) in [6, 6.07) is 5.99. The summed E-state index contributed by atoms with van der Waals surface area (Å²) >= 11 is 0. The zero-order valence-electron chi connectivity index (χ0n) is 25.9. The third-order valence-corrected chi connectivity index (χ3v) is 7.53. The number of rotatable bonds is 9. The Morgan fingerprint density at radius 2 is 1.73 bits per heavy atom. The number of nitrogens with one attached hydrogen (secondary N) is 2. The minimum atomic E-state index is -1.51. The Kier molecular flexibility index (Phi) is 11.7. The van der Waals surface area contributed by atoms with Crippen LogP contribution in [-0.4, -0.2) is 67.2 Å². The van der Waals surface area contributed by atoms with E-state index in [1.54, 1.807) is 12.1 Å². The summed E-state index contributed by atoms with van der Waals surface area (Å²) in [6.07, 6.45) is 0.786. The number of halogens is 3. The van der Waals surface area contributed by atoms with Crippen LogP contribution in [0.1, 0.15) is 57.6 Å². The van der Waals surface area contributed by atoms with Crippen molar-refractivity contribution in [1.82, 2.24) is 10.2 Å². The summed E-state index contributed by atoms with van der Waals surface area (Å²) in [5.74, 6) is -9.85. The van der Waals surface area contributed by atoms with E-state index in [9.17, 15) is 37.1 Å². The fraction of sp³-hybridized carbons (Fsp3) is 0.469. The van der Waals surface area contributed by atoms with Crippen LogP contribution in [0.2, 0.25) is 0 Å². The van der Waals surface area contributed by atoms with Gasteiger partial charge in [-0.3, -0.25) is 24.0 Å². The van der Waals surface area contributed by atoms with E-state index in [4.69, 9.17) is 4.74 Å². The van der Waals surface area contributed by atoms with Gasteiger partial charge in [0.2, 0.25) is 11.7 Å². The van der Waals surface area contributed by atoms with Gasteiger partial charge in [0.25, 0.3) is 0 Å². The zero-order valence-corrected chi connectivity index (χ0v) is 25.9. The molecule has 2 aromatic carbocycles. The second-order valence-corrected chi connectivity index (χ2v) is 11.9. The predicted molar refractivity (Wildman–Crippen MR) is 158 cm³/mol. The van der Waals surface area contributed by atoms with Crippen LogP contribution in [0.4, 0.5) is 18.9 Å². The van der Waals surface area contributed by atoms with E-state index in [0.29, 0.717) is 31.0 Å². The van der Waals surface area contributed by atoms with Gasteiger partial charge in [0.05, 0.1) is 19.4 Å². The van der Waals surface area contributed by atoms with E-state index < -0.39 is 77.7 Å². The van der Waals surface area contributed by atoms with Crippen LogP contribution in [-0.2, 0) is 34.1 Å². The number of hydrogen-bond donors (Lipinski definition) is 2. The first-order valence-electron chi connectivity index (χ1n) is 14.5. The fourth-order valence-electron chi connectivity index (χ4n) is 4.97. The van der Waals surface area contributed by atoms with Crippen LogP contribution < -0.4 is 15.4 Å². The van der Waals surface area contributed by atoms with E-state index in [1.165, 1.54) is 4.90 Å². The van der Waals surface area contributed by atoms with Crippen LogP contribution >= 0.6 is 0 Å². The van der Waals surface area contributed by atoms with Crippen LogP contribution in [0.5, 0.6) is 5.75 Å². The molecule has 0 aliphatic carbocycles. The molecule has 0 unspecified atom stereocenters. The molecule has 1 heterocycles. The van der Waals surface area contributed by atoms with E-state index in [2.05, 4.69) is 15.4 Å². The van der Waals surface area contributed by atoms with Gasteiger partial charge in [-0.15, -0.1) is 0 Å². The first kappa shape index (κ1) is 35.1. The minimum Gasteiger partial charge on any atom is -0.482 e. The highest BCUT2D eigenvalue weighted by Crippen LogP contribution is 2.30. The summed E-state index contributed by atoms with van der Waals surface area (Å²) < 4.78 is 51.5. The van der Waals surface area contributed by atoms with E-state index in [0.717, 1.165) is 19.6 Å². The van der Waals surface area contributed by atoms with Crippen molar-refractivity contribution in [3.63, 3.8) is 0 Å². The van der Waals surface area contributed by atoms with Crippen molar-refractivity contribution in [3.05, 3.63) is 58.9 Å². The van der Waals surface area contributed by atoms with Crippen molar-refractivity contribution in [2.24, 2.45) is 5.92 Å².